The van der Waals surface area contributed by atoms with Gasteiger partial charge in [0.25, 0.3) is 0 Å². The minimum atomic E-state index is 0.214. The van der Waals surface area contributed by atoms with Crippen molar-refractivity contribution in [1.29, 1.82) is 0 Å². The highest BCUT2D eigenvalue weighted by Gasteiger charge is 2.21. The Kier molecular flexibility index (Phi) is 5.99. The zero-order valence-electron chi connectivity index (χ0n) is 15.6. The molecule has 3 rings (SSSR count). The molecule has 2 heterocycles. The minimum absolute atomic E-state index is 0.214. The third kappa shape index (κ3) is 4.47. The maximum absolute atomic E-state index is 5.88. The van der Waals surface area contributed by atoms with Gasteiger partial charge in [0.1, 0.15) is 17.6 Å². The monoisotopic (exact) mass is 357 g/mol. The molecule has 0 fully saturated rings. The second kappa shape index (κ2) is 8.60. The molecule has 7 heteroatoms. The van der Waals surface area contributed by atoms with E-state index < -0.39 is 0 Å². The number of H-pyrrole nitrogens is 1. The summed E-state index contributed by atoms with van der Waals surface area (Å²) in [7, 11) is 0. The number of rotatable bonds is 7. The molecule has 0 bridgehead atoms. The van der Waals surface area contributed by atoms with E-state index in [-0.39, 0.29) is 6.10 Å². The van der Waals surface area contributed by atoms with E-state index in [1.807, 2.05) is 19.9 Å². The summed E-state index contributed by atoms with van der Waals surface area (Å²) in [6.07, 6.45) is 2.88. The first-order valence-electron chi connectivity index (χ1n) is 9.15. The fourth-order valence-corrected chi connectivity index (χ4v) is 2.96. The van der Waals surface area contributed by atoms with Gasteiger partial charge in [-0.05, 0) is 39.0 Å². The molecule has 0 aliphatic carbocycles. The molecule has 0 saturated carbocycles. The van der Waals surface area contributed by atoms with Crippen molar-refractivity contribution in [3.8, 4) is 11.5 Å². The number of hydrogen-bond donors (Lipinski definition) is 3. The lowest BCUT2D eigenvalue weighted by molar-refractivity contribution is 0.254. The molecule has 1 aromatic carbocycles. The highest BCUT2D eigenvalue weighted by atomic mass is 16.5. The van der Waals surface area contributed by atoms with E-state index >= 15 is 0 Å². The molecule has 26 heavy (non-hydrogen) atoms. The van der Waals surface area contributed by atoms with E-state index in [0.717, 1.165) is 41.7 Å². The van der Waals surface area contributed by atoms with Crippen LogP contribution < -0.4 is 20.1 Å². The van der Waals surface area contributed by atoms with Crippen LogP contribution in [-0.2, 0) is 19.5 Å². The van der Waals surface area contributed by atoms with Crippen molar-refractivity contribution >= 4 is 5.96 Å². The summed E-state index contributed by atoms with van der Waals surface area (Å²) in [5.41, 5.74) is 3.24. The van der Waals surface area contributed by atoms with E-state index in [0.29, 0.717) is 19.7 Å². The van der Waals surface area contributed by atoms with Crippen LogP contribution in [0.3, 0.4) is 0 Å². The van der Waals surface area contributed by atoms with Crippen LogP contribution in [0.25, 0.3) is 0 Å². The standard InChI is InChI=1S/C19H27N5O2/c1-4-20-19(22-12-16-6-7-23-24-16)21-11-15-10-18-14(8-13(3)26-18)9-17(15)25-5-2/h6-7,9-10,13H,4-5,8,11-12H2,1-3H3,(H,23,24)(H2,20,21,22). The van der Waals surface area contributed by atoms with Crippen molar-refractivity contribution in [2.24, 2.45) is 4.99 Å². The molecule has 0 spiro atoms. The Morgan fingerprint density at radius 1 is 1.38 bits per heavy atom. The van der Waals surface area contributed by atoms with E-state index in [4.69, 9.17) is 14.5 Å². The number of aliphatic imine (C=N–C) groups is 1. The average Bonchev–Trinajstić information content (AvgIpc) is 3.25. The summed E-state index contributed by atoms with van der Waals surface area (Å²) >= 11 is 0. The number of nitrogens with one attached hydrogen (secondary N) is 3. The van der Waals surface area contributed by atoms with Crippen LogP contribution in [0.15, 0.2) is 29.4 Å². The maximum Gasteiger partial charge on any atom is 0.191 e. The van der Waals surface area contributed by atoms with Crippen molar-refractivity contribution in [1.82, 2.24) is 20.8 Å². The Morgan fingerprint density at radius 2 is 2.27 bits per heavy atom. The highest BCUT2D eigenvalue weighted by Crippen LogP contribution is 2.35. The molecular formula is C19H27N5O2. The van der Waals surface area contributed by atoms with Crippen LogP contribution in [-0.4, -0.2) is 35.4 Å². The lowest BCUT2D eigenvalue weighted by atomic mass is 10.1. The second-order valence-electron chi connectivity index (χ2n) is 6.26. The summed E-state index contributed by atoms with van der Waals surface area (Å²) < 4.78 is 11.7. The van der Waals surface area contributed by atoms with Crippen molar-refractivity contribution in [2.75, 3.05) is 13.2 Å². The normalized spacial score (nSPS) is 16.1. The highest BCUT2D eigenvalue weighted by molar-refractivity contribution is 5.79. The molecule has 0 saturated heterocycles. The molecule has 1 unspecified atom stereocenters. The molecule has 3 N–H and O–H groups in total. The Morgan fingerprint density at radius 3 is 3.00 bits per heavy atom. The molecule has 1 aromatic heterocycles. The van der Waals surface area contributed by atoms with Gasteiger partial charge in [0.05, 0.1) is 25.4 Å². The van der Waals surface area contributed by atoms with Crippen LogP contribution in [0.5, 0.6) is 11.5 Å². The van der Waals surface area contributed by atoms with Crippen LogP contribution in [0.4, 0.5) is 0 Å². The number of ether oxygens (including phenoxy) is 2. The number of fused-ring (bicyclic) bond motifs is 1. The van der Waals surface area contributed by atoms with Crippen LogP contribution in [0.2, 0.25) is 0 Å². The fourth-order valence-electron chi connectivity index (χ4n) is 2.96. The number of guanidine groups is 1. The summed E-state index contributed by atoms with van der Waals surface area (Å²) in [4.78, 5) is 4.70. The zero-order chi connectivity index (χ0) is 18.4. The van der Waals surface area contributed by atoms with Crippen molar-refractivity contribution in [3.63, 3.8) is 0 Å². The molecule has 1 aliphatic heterocycles. The SMILES string of the molecule is CCNC(=NCc1cc2c(cc1OCC)CC(C)O2)NCc1ccn[nH]1. The van der Waals surface area contributed by atoms with Gasteiger partial charge in [-0.25, -0.2) is 4.99 Å². The van der Waals surface area contributed by atoms with Gasteiger partial charge in [-0.15, -0.1) is 0 Å². The summed E-state index contributed by atoms with van der Waals surface area (Å²) in [6.45, 7) is 8.69. The van der Waals surface area contributed by atoms with Gasteiger partial charge in [-0.1, -0.05) is 0 Å². The summed E-state index contributed by atoms with van der Waals surface area (Å²) in [5, 5.41) is 13.4. The van der Waals surface area contributed by atoms with Gasteiger partial charge in [0.15, 0.2) is 5.96 Å². The number of aromatic nitrogens is 2. The van der Waals surface area contributed by atoms with Gasteiger partial charge < -0.3 is 20.1 Å². The molecular weight excluding hydrogens is 330 g/mol. The van der Waals surface area contributed by atoms with E-state index in [1.54, 1.807) is 6.20 Å². The predicted octanol–water partition coefficient (Wildman–Crippen LogP) is 2.39. The van der Waals surface area contributed by atoms with Crippen LogP contribution in [0.1, 0.15) is 37.6 Å². The minimum Gasteiger partial charge on any atom is -0.494 e. The zero-order valence-corrected chi connectivity index (χ0v) is 15.6. The summed E-state index contributed by atoms with van der Waals surface area (Å²) in [6, 6.07) is 6.09. The third-order valence-corrected chi connectivity index (χ3v) is 4.14. The lowest BCUT2D eigenvalue weighted by Gasteiger charge is -2.13. The van der Waals surface area contributed by atoms with Crippen molar-refractivity contribution in [2.45, 2.75) is 46.4 Å². The average molecular weight is 357 g/mol. The first-order chi connectivity index (χ1) is 12.7. The number of nitrogens with zero attached hydrogens (tertiary/aromatic N) is 2. The van der Waals surface area contributed by atoms with Crippen molar-refractivity contribution < 1.29 is 9.47 Å². The molecule has 2 aromatic rings. The first-order valence-corrected chi connectivity index (χ1v) is 9.15. The van der Waals surface area contributed by atoms with Crippen LogP contribution >= 0.6 is 0 Å². The molecule has 1 atom stereocenters. The van der Waals surface area contributed by atoms with E-state index in [2.05, 4.69) is 39.9 Å². The van der Waals surface area contributed by atoms with E-state index in [9.17, 15) is 0 Å². The first kappa shape index (κ1) is 18.1. The van der Waals surface area contributed by atoms with Gasteiger partial charge in [-0.2, -0.15) is 5.10 Å². The van der Waals surface area contributed by atoms with Gasteiger partial charge in [0.2, 0.25) is 0 Å². The molecule has 7 nitrogen and oxygen atoms in total. The maximum atomic E-state index is 5.88. The van der Waals surface area contributed by atoms with Gasteiger partial charge in [0, 0.05) is 30.3 Å². The topological polar surface area (TPSA) is 83.6 Å². The summed E-state index contributed by atoms with van der Waals surface area (Å²) in [5.74, 6) is 2.58. The number of benzene rings is 1. The fraction of sp³-hybridized carbons (Fsp3) is 0.474. The van der Waals surface area contributed by atoms with E-state index in [1.165, 1.54) is 5.56 Å². The van der Waals surface area contributed by atoms with Gasteiger partial charge >= 0.3 is 0 Å². The quantitative estimate of drug-likeness (QED) is 0.523. The third-order valence-electron chi connectivity index (χ3n) is 4.14. The molecule has 140 valence electrons. The molecule has 1 aliphatic rings. The van der Waals surface area contributed by atoms with Crippen LogP contribution in [0, 0.1) is 0 Å². The predicted molar refractivity (Wildman–Crippen MR) is 102 cm³/mol. The Hall–Kier alpha value is -2.70. The Labute approximate surface area is 154 Å². The molecule has 0 amide bonds. The molecule has 0 radical (unpaired) electrons. The largest absolute Gasteiger partial charge is 0.494 e. The smallest absolute Gasteiger partial charge is 0.191 e. The van der Waals surface area contributed by atoms with Crippen molar-refractivity contribution in [3.05, 3.63) is 41.2 Å². The van der Waals surface area contributed by atoms with Gasteiger partial charge in [-0.3, -0.25) is 5.10 Å². The second-order valence-corrected chi connectivity index (χ2v) is 6.26. The number of hydrogen-bond acceptors (Lipinski definition) is 4. The Balaban J connectivity index is 1.74. The number of aromatic amines is 1. The Bertz CT molecular complexity index is 743. The lowest BCUT2D eigenvalue weighted by Crippen LogP contribution is -2.36.